The number of piperidine rings is 1. The molecule has 1 fully saturated rings. The summed E-state index contributed by atoms with van der Waals surface area (Å²) < 4.78 is 5.05. The van der Waals surface area contributed by atoms with Gasteiger partial charge in [0.25, 0.3) is 5.91 Å². The first-order valence-corrected chi connectivity index (χ1v) is 8.77. The molecule has 1 aliphatic heterocycles. The monoisotopic (exact) mass is 339 g/mol. The van der Waals surface area contributed by atoms with Crippen LogP contribution in [0.4, 0.5) is 5.69 Å². The molecule has 0 bridgehead atoms. The molecule has 2 aromatic rings. The Morgan fingerprint density at radius 2 is 1.92 bits per heavy atom. The quantitative estimate of drug-likeness (QED) is 0.838. The lowest BCUT2D eigenvalue weighted by Gasteiger charge is -2.31. The summed E-state index contributed by atoms with van der Waals surface area (Å²) in [6.45, 7) is 2.77. The fourth-order valence-electron chi connectivity index (χ4n) is 3.26. The van der Waals surface area contributed by atoms with Crippen LogP contribution < -0.4 is 9.64 Å². The van der Waals surface area contributed by atoms with Crippen LogP contribution in [-0.4, -0.2) is 43.0 Å². The molecular weight excluding hydrogens is 314 g/mol. The Kier molecular flexibility index (Phi) is 5.53. The number of nitrogens with zero attached hydrogens (tertiary/aromatic N) is 3. The molecule has 5 heteroatoms. The van der Waals surface area contributed by atoms with Gasteiger partial charge in [0.05, 0.1) is 12.7 Å². The highest BCUT2D eigenvalue weighted by Crippen LogP contribution is 2.25. The van der Waals surface area contributed by atoms with Crippen molar-refractivity contribution in [2.45, 2.75) is 25.8 Å². The Balaban J connectivity index is 1.73. The van der Waals surface area contributed by atoms with Gasteiger partial charge in [0.15, 0.2) is 0 Å². The van der Waals surface area contributed by atoms with E-state index in [1.165, 1.54) is 30.5 Å². The lowest BCUT2D eigenvalue weighted by atomic mass is 10.1. The third-order valence-corrected chi connectivity index (χ3v) is 4.64. The zero-order chi connectivity index (χ0) is 17.6. The van der Waals surface area contributed by atoms with Crippen molar-refractivity contribution in [1.29, 1.82) is 0 Å². The molecular formula is C20H25N3O2. The van der Waals surface area contributed by atoms with Gasteiger partial charge in [-0.15, -0.1) is 0 Å². The zero-order valence-corrected chi connectivity index (χ0v) is 14.9. The molecule has 0 N–H and O–H groups in total. The van der Waals surface area contributed by atoms with Crippen molar-refractivity contribution in [2.75, 3.05) is 32.1 Å². The highest BCUT2D eigenvalue weighted by molar-refractivity contribution is 5.93. The molecule has 1 aliphatic rings. The van der Waals surface area contributed by atoms with Gasteiger partial charge in [-0.25, -0.2) is 4.98 Å². The van der Waals surface area contributed by atoms with Crippen LogP contribution in [0.3, 0.4) is 0 Å². The molecule has 1 saturated heterocycles. The van der Waals surface area contributed by atoms with Crippen molar-refractivity contribution in [3.63, 3.8) is 0 Å². The third-order valence-electron chi connectivity index (χ3n) is 4.64. The molecule has 0 atom stereocenters. The van der Waals surface area contributed by atoms with E-state index in [2.05, 4.69) is 28.1 Å². The van der Waals surface area contributed by atoms with Gasteiger partial charge in [-0.3, -0.25) is 4.79 Å². The van der Waals surface area contributed by atoms with E-state index in [-0.39, 0.29) is 5.91 Å². The second-order valence-corrected chi connectivity index (χ2v) is 6.43. The first kappa shape index (κ1) is 17.3. The summed E-state index contributed by atoms with van der Waals surface area (Å²) in [6.07, 6.45) is 5.34. The summed E-state index contributed by atoms with van der Waals surface area (Å²) in [6, 6.07) is 11.8. The normalized spacial score (nSPS) is 14.2. The minimum Gasteiger partial charge on any atom is -0.481 e. The molecule has 2 heterocycles. The predicted octanol–water partition coefficient (Wildman–Crippen LogP) is 3.35. The van der Waals surface area contributed by atoms with Crippen molar-refractivity contribution in [2.24, 2.45) is 0 Å². The van der Waals surface area contributed by atoms with Crippen LogP contribution in [0.2, 0.25) is 0 Å². The van der Waals surface area contributed by atoms with E-state index in [1.54, 1.807) is 30.3 Å². The van der Waals surface area contributed by atoms with Crippen LogP contribution >= 0.6 is 0 Å². The maximum absolute atomic E-state index is 12.7. The lowest BCUT2D eigenvalue weighted by Crippen LogP contribution is -2.32. The summed E-state index contributed by atoms with van der Waals surface area (Å²) >= 11 is 0. The third kappa shape index (κ3) is 4.10. The molecule has 1 aromatic carbocycles. The van der Waals surface area contributed by atoms with Gasteiger partial charge >= 0.3 is 0 Å². The second-order valence-electron chi connectivity index (χ2n) is 6.43. The number of hydrogen-bond donors (Lipinski definition) is 0. The molecule has 0 unspecified atom stereocenters. The van der Waals surface area contributed by atoms with Crippen molar-refractivity contribution < 1.29 is 9.53 Å². The van der Waals surface area contributed by atoms with E-state index in [4.69, 9.17) is 4.74 Å². The van der Waals surface area contributed by atoms with Crippen LogP contribution in [-0.2, 0) is 6.54 Å². The van der Waals surface area contributed by atoms with E-state index < -0.39 is 0 Å². The summed E-state index contributed by atoms with van der Waals surface area (Å²) in [7, 11) is 3.40. The standard InChI is InChI=1S/C20H25N3O2/c1-22(20(24)16-10-11-19(25-2)21-14-16)15-17-8-4-5-9-18(17)23-12-6-3-7-13-23/h4-5,8-11,14H,3,6-7,12-13,15H2,1-2H3. The average Bonchev–Trinajstić information content (AvgIpc) is 2.68. The Morgan fingerprint density at radius 3 is 2.60 bits per heavy atom. The van der Waals surface area contributed by atoms with E-state index in [0.29, 0.717) is 18.0 Å². The number of aromatic nitrogens is 1. The zero-order valence-electron chi connectivity index (χ0n) is 14.9. The van der Waals surface area contributed by atoms with E-state index >= 15 is 0 Å². The van der Waals surface area contributed by atoms with E-state index in [0.717, 1.165) is 13.1 Å². The van der Waals surface area contributed by atoms with Gasteiger partial charge in [0.1, 0.15) is 0 Å². The summed E-state index contributed by atoms with van der Waals surface area (Å²) in [4.78, 5) is 21.0. The van der Waals surface area contributed by atoms with Gasteiger partial charge in [-0.1, -0.05) is 18.2 Å². The molecule has 1 aromatic heterocycles. The maximum atomic E-state index is 12.7. The molecule has 0 radical (unpaired) electrons. The summed E-state index contributed by atoms with van der Waals surface area (Å²) in [5, 5.41) is 0. The van der Waals surface area contributed by atoms with E-state index in [1.807, 2.05) is 13.1 Å². The molecule has 5 nitrogen and oxygen atoms in total. The number of rotatable bonds is 5. The number of amides is 1. The summed E-state index contributed by atoms with van der Waals surface area (Å²) in [5.74, 6) is 0.471. The van der Waals surface area contributed by atoms with Gasteiger partial charge in [0.2, 0.25) is 5.88 Å². The predicted molar refractivity (Wildman–Crippen MR) is 99.1 cm³/mol. The van der Waals surface area contributed by atoms with Crippen LogP contribution in [0.1, 0.15) is 35.2 Å². The Bertz CT molecular complexity index is 709. The molecule has 3 rings (SSSR count). The second kappa shape index (κ2) is 8.01. The summed E-state index contributed by atoms with van der Waals surface area (Å²) in [5.41, 5.74) is 3.00. The fraction of sp³-hybridized carbons (Fsp3) is 0.400. The molecule has 132 valence electrons. The molecule has 25 heavy (non-hydrogen) atoms. The average molecular weight is 339 g/mol. The van der Waals surface area contributed by atoms with Crippen LogP contribution in [0, 0.1) is 0 Å². The van der Waals surface area contributed by atoms with Crippen molar-refractivity contribution in [3.05, 3.63) is 53.7 Å². The Morgan fingerprint density at radius 1 is 1.16 bits per heavy atom. The van der Waals surface area contributed by atoms with Crippen LogP contribution in [0.5, 0.6) is 5.88 Å². The molecule has 0 spiro atoms. The smallest absolute Gasteiger partial charge is 0.255 e. The fourth-order valence-corrected chi connectivity index (χ4v) is 3.26. The number of hydrogen-bond acceptors (Lipinski definition) is 4. The first-order valence-electron chi connectivity index (χ1n) is 8.77. The number of benzene rings is 1. The Hall–Kier alpha value is -2.56. The maximum Gasteiger partial charge on any atom is 0.255 e. The number of ether oxygens (including phenoxy) is 1. The van der Waals surface area contributed by atoms with Crippen LogP contribution in [0.15, 0.2) is 42.6 Å². The van der Waals surface area contributed by atoms with E-state index in [9.17, 15) is 4.79 Å². The Labute approximate surface area is 149 Å². The van der Waals surface area contributed by atoms with Crippen molar-refractivity contribution >= 4 is 11.6 Å². The SMILES string of the molecule is COc1ccc(C(=O)N(C)Cc2ccccc2N2CCCCC2)cn1. The van der Waals surface area contributed by atoms with Crippen molar-refractivity contribution in [3.8, 4) is 5.88 Å². The molecule has 1 amide bonds. The number of pyridine rings is 1. The highest BCUT2D eigenvalue weighted by Gasteiger charge is 2.18. The van der Waals surface area contributed by atoms with Gasteiger partial charge < -0.3 is 14.5 Å². The number of carbonyl (C=O) groups excluding carboxylic acids is 1. The first-order chi connectivity index (χ1) is 12.2. The van der Waals surface area contributed by atoms with Gasteiger partial charge in [-0.2, -0.15) is 0 Å². The van der Waals surface area contributed by atoms with Gasteiger partial charge in [-0.05, 0) is 37.0 Å². The number of anilines is 1. The largest absolute Gasteiger partial charge is 0.481 e. The number of methoxy groups -OCH3 is 1. The minimum absolute atomic E-state index is 0.0383. The van der Waals surface area contributed by atoms with Crippen molar-refractivity contribution in [1.82, 2.24) is 9.88 Å². The van der Waals surface area contributed by atoms with Crippen LogP contribution in [0.25, 0.3) is 0 Å². The minimum atomic E-state index is -0.0383. The highest BCUT2D eigenvalue weighted by atomic mass is 16.5. The topological polar surface area (TPSA) is 45.7 Å². The van der Waals surface area contributed by atoms with Gasteiger partial charge in [0, 0.05) is 44.6 Å². The number of carbonyl (C=O) groups is 1. The number of para-hydroxylation sites is 1. The lowest BCUT2D eigenvalue weighted by molar-refractivity contribution is 0.0785. The molecule has 0 saturated carbocycles. The molecule has 0 aliphatic carbocycles.